The number of nitrogens with one attached hydrogen (secondary N) is 1. The van der Waals surface area contributed by atoms with E-state index in [1.54, 1.807) is 18.5 Å². The van der Waals surface area contributed by atoms with E-state index in [1.807, 2.05) is 18.2 Å². The van der Waals surface area contributed by atoms with Crippen LogP contribution in [0.1, 0.15) is 209 Å². The second-order valence-electron chi connectivity index (χ2n) is 26.6. The summed E-state index contributed by atoms with van der Waals surface area (Å²) in [7, 11) is 2.43. The van der Waals surface area contributed by atoms with Crippen LogP contribution in [-0.4, -0.2) is 115 Å². The van der Waals surface area contributed by atoms with Gasteiger partial charge in [-0.2, -0.15) is 71.9 Å². The van der Waals surface area contributed by atoms with E-state index >= 15 is 0 Å². The number of rotatable bonds is 18. The number of aromatic carboxylic acids is 1. The number of halogens is 4. The van der Waals surface area contributed by atoms with Gasteiger partial charge in [0.05, 0.1) is 163 Å². The Bertz CT molecular complexity index is 7850. The number of benzene rings is 2. The van der Waals surface area contributed by atoms with Crippen molar-refractivity contribution in [1.29, 1.82) is 36.8 Å². The van der Waals surface area contributed by atoms with Gasteiger partial charge in [0.2, 0.25) is 0 Å². The maximum Gasteiger partial charge on any atom is 0.387 e. The minimum Gasteiger partial charge on any atom is -0.868 e. The lowest BCUT2D eigenvalue weighted by Crippen LogP contribution is -3.13. The van der Waals surface area contributed by atoms with E-state index < -0.39 is 184 Å². The van der Waals surface area contributed by atoms with Gasteiger partial charge < -0.3 is 24.4 Å². The predicted molar refractivity (Wildman–Crippen MR) is 464 cm³/mol. The monoisotopic (exact) mass is 1840 g/mol. The maximum atomic E-state index is 13.4. The first-order valence-electron chi connectivity index (χ1n) is 53.8. The summed E-state index contributed by atoms with van der Waals surface area (Å²) in [5, 5.41) is 121. The normalized spacial score (nSPS) is 19.0. The van der Waals surface area contributed by atoms with Gasteiger partial charge in [0.1, 0.15) is 47.1 Å². The number of nitro benzene ring substituents is 2. The molecule has 37 heteroatoms. The van der Waals surface area contributed by atoms with E-state index in [2.05, 4.69) is 55.8 Å². The second-order valence-corrected chi connectivity index (χ2v) is 27.4. The topological polar surface area (TPSA) is 500 Å². The summed E-state index contributed by atoms with van der Waals surface area (Å²) in [5.74, 6) is 1.17. The van der Waals surface area contributed by atoms with Gasteiger partial charge in [-0.05, 0) is 204 Å². The molecule has 4 N–H and O–H groups in total. The molecule has 3 atom stereocenters. The van der Waals surface area contributed by atoms with Crippen LogP contribution in [0.4, 0.5) is 24.5 Å². The average molecular weight is 1840 g/mol. The molecule has 0 saturated heterocycles. The fraction of sp³-hybridized carbons (Fsp3) is 0.297. The number of carboxylic acids is 1. The number of carbonyl (C=O) groups excluding carboxylic acids is 2. The van der Waals surface area contributed by atoms with Gasteiger partial charge in [0.15, 0.2) is 5.78 Å². The standard InChI is InChI=1S/C24H22F3N3O3.C13H13N3O2.C12H11N3O2.C11H10BrN3.C9H13N3.C9H10N2.C7H6N2.C6H4N2O5/c1-24(2,12-28)15-4-5-18-16(10-29-30(18)11-15)13-8-20(32-3)22(21(9-13)33-23(26)27)19(31)7-14-6-17(14)25;1-13(2,8-14)9-4-5-11-10(12(17)18-3)6-15-16(11)7-9;1-12(2,7-13)8-3-4-10-9(11(16)17)5-14-15(10)6-8;1-11(2,7-13)8-3-4-10-9(12)5-14-15(10)6-8;1-9(2,7-10)8-4-3-5-12(11)6-8;1-9(2,7-10)8-4-3-5-11-6-8;8-4-3-7-2-1-5-9-6-7;9-6-2-1-4(7(10)11)3-5(6)8(12)13/h4-5,8-11,14,17,23H,6-7H2,1-3H3;4-7H,1-3H3;3-6H,1-2H3,(H,16,17);3-6H,1-2H3;3-4,6H,5,11H2,1-2H3;3-6H,1-2H3;1-2,5-6H,3H2;1-3,9H/t14-,17-;;;;;;;/m0......./s1/i6*1D3,2D3;;. The zero-order chi connectivity index (χ0) is 125. The first kappa shape index (κ1) is 58.5. The summed E-state index contributed by atoms with van der Waals surface area (Å²) in [6.07, 6.45) is 19.0. The van der Waals surface area contributed by atoms with Gasteiger partial charge >= 0.3 is 18.6 Å². The summed E-state index contributed by atoms with van der Waals surface area (Å²) in [6.45, 7) is -39.6. The fourth-order valence-electron chi connectivity index (χ4n) is 10.8. The van der Waals surface area contributed by atoms with Crippen molar-refractivity contribution in [2.45, 2.75) is 141 Å². The molecule has 12 aromatic rings. The summed E-state index contributed by atoms with van der Waals surface area (Å²) in [6, 6.07) is 32.4. The van der Waals surface area contributed by atoms with Crippen LogP contribution in [-0.2, 0) is 38.2 Å². The Morgan fingerprint density at radius 3 is 1.53 bits per heavy atom. The van der Waals surface area contributed by atoms with E-state index in [1.165, 1.54) is 165 Å². The molecule has 11 heterocycles. The highest BCUT2D eigenvalue weighted by molar-refractivity contribution is 9.10. The Morgan fingerprint density at radius 1 is 0.617 bits per heavy atom. The van der Waals surface area contributed by atoms with Crippen LogP contribution in [0.15, 0.2) is 206 Å². The van der Waals surface area contributed by atoms with Gasteiger partial charge in [-0.25, -0.2) is 37.0 Å². The number of carbonyl (C=O) groups is 3. The molecule has 128 heavy (non-hydrogen) atoms. The summed E-state index contributed by atoms with van der Waals surface area (Å²) < 4.78 is 331. The van der Waals surface area contributed by atoms with Crippen molar-refractivity contribution >= 4 is 67.1 Å². The molecule has 2 aromatic carbocycles. The van der Waals surface area contributed by atoms with Crippen LogP contribution in [0, 0.1) is 111 Å². The zero-order valence-electron chi connectivity index (χ0n) is 102. The van der Waals surface area contributed by atoms with Gasteiger partial charge in [-0.1, -0.05) is 48.5 Å². The van der Waals surface area contributed by atoms with E-state index in [9.17, 15) is 79.2 Å². The van der Waals surface area contributed by atoms with Crippen LogP contribution >= 0.6 is 15.9 Å². The number of carboxylic acid groups (broad SMARTS) is 1. The third-order valence-electron chi connectivity index (χ3n) is 17.6. The lowest BCUT2D eigenvalue weighted by Gasteiger charge is -2.20. The van der Waals surface area contributed by atoms with Crippen molar-refractivity contribution in [3.63, 3.8) is 0 Å². The lowest BCUT2D eigenvalue weighted by atomic mass is 9.85. The first-order valence-corrected chi connectivity index (χ1v) is 36.6. The van der Waals surface area contributed by atoms with Crippen molar-refractivity contribution in [2.24, 2.45) is 17.2 Å². The Balaban J connectivity index is 0.000000260. The quantitative estimate of drug-likeness (QED) is 0.0236. The van der Waals surface area contributed by atoms with Crippen molar-refractivity contribution in [3.05, 3.63) is 276 Å². The first-order chi connectivity index (χ1) is 75.3. The number of pyridine rings is 6. The van der Waals surface area contributed by atoms with Crippen molar-refractivity contribution in [2.75, 3.05) is 20.8 Å². The second kappa shape index (κ2) is 43.2. The molecular formula is C91H89BrF3N21O12. The number of nitrogens with zero attached hydrogens (tertiary/aromatic N) is 19. The summed E-state index contributed by atoms with van der Waals surface area (Å²) in [5.41, 5.74) is -15.8. The lowest BCUT2D eigenvalue weighted by molar-refractivity contribution is -0.854. The van der Waals surface area contributed by atoms with Crippen molar-refractivity contribution in [3.8, 4) is 70.9 Å². The number of allylic oxidation sites excluding steroid dienone is 2. The van der Waals surface area contributed by atoms with E-state index in [4.69, 9.17) is 75.6 Å². The number of fused-ring (bicyclic) bond motifs is 4. The van der Waals surface area contributed by atoms with E-state index in [-0.39, 0.29) is 79.8 Å². The number of esters is 1. The van der Waals surface area contributed by atoms with Crippen LogP contribution in [0.25, 0.3) is 33.2 Å². The smallest absolute Gasteiger partial charge is 0.387 e. The van der Waals surface area contributed by atoms with Gasteiger partial charge in [0.25, 0.3) is 11.4 Å². The third kappa shape index (κ3) is 25.8. The largest absolute Gasteiger partial charge is 0.868 e. The number of methoxy groups -OCH3 is 2. The molecule has 1 aliphatic carbocycles. The van der Waals surface area contributed by atoms with Crippen LogP contribution < -0.4 is 25.4 Å². The number of hydrogen-bond donors (Lipinski definition) is 3. The van der Waals surface area contributed by atoms with Gasteiger partial charge in [-0.3, -0.25) is 35.0 Å². The summed E-state index contributed by atoms with van der Waals surface area (Å²) >= 11 is 3.27. The average Bonchev–Trinajstić information content (AvgIpc) is 1.33. The molecule has 14 rings (SSSR count). The predicted octanol–water partition coefficient (Wildman–Crippen LogP) is 15.4. The number of Topliss-reactive ketones (excluding diaryl/α,β-unsaturated/α-hetero) is 1. The minimum absolute atomic E-state index is 0.0891. The fourth-order valence-corrected chi connectivity index (χ4v) is 11.2. The van der Waals surface area contributed by atoms with Crippen LogP contribution in [0.5, 0.6) is 17.2 Å². The number of ketones is 1. The molecule has 1 aliphatic heterocycles. The van der Waals surface area contributed by atoms with Crippen LogP contribution in [0.3, 0.4) is 0 Å². The Labute approximate surface area is 793 Å². The van der Waals surface area contributed by atoms with Gasteiger partial charge in [-0.15, -0.1) is 0 Å². The molecule has 2 aliphatic rings. The molecule has 33 nitrogen and oxygen atoms in total. The number of nitriles is 7. The maximum absolute atomic E-state index is 13.4. The molecule has 1 unspecified atom stereocenters. The Hall–Kier alpha value is -15.6. The summed E-state index contributed by atoms with van der Waals surface area (Å²) in [4.78, 5) is 61.7. The zero-order valence-corrected chi connectivity index (χ0v) is 67.6. The number of alkyl halides is 3. The van der Waals surface area contributed by atoms with Gasteiger partial charge in [0, 0.05) is 128 Å². The number of nitrogens with two attached hydrogens (primary N) is 1. The third-order valence-corrected chi connectivity index (χ3v) is 18.3. The molecule has 0 spiro atoms. The number of nitro groups is 2. The number of hydrogen-bond acceptors (Lipinski definition) is 25. The molecular weight excluding hydrogens is 1720 g/mol. The highest BCUT2D eigenvalue weighted by Crippen LogP contribution is 2.43. The Morgan fingerprint density at radius 2 is 1.09 bits per heavy atom. The van der Waals surface area contributed by atoms with E-state index in [0.29, 0.717) is 50.6 Å². The highest BCUT2D eigenvalue weighted by Gasteiger charge is 2.40. The Kier molecular flexibility index (Phi) is 19.7. The van der Waals surface area contributed by atoms with Crippen molar-refractivity contribution < 1.29 is 116 Å². The number of non-ortho nitro benzene ring substituents is 1. The molecule has 1 fully saturated rings. The minimum atomic E-state index is -3.28. The molecule has 1 saturated carbocycles. The number of aromatic nitrogens is 10. The highest BCUT2D eigenvalue weighted by atomic mass is 79.9. The van der Waals surface area contributed by atoms with Crippen LogP contribution in [0.2, 0.25) is 0 Å². The molecule has 0 bridgehead atoms. The SMILES string of the molecule is N#CCc1cccnc1.O=[N+]([O-])c1ccc([O-])c([N+](=O)[O-])c1.[2H]C([2H])([2H])C(C#N)(C1=C[NH+](N)CC=C1)C([2H])([2H])[2H].[2H]C([2H])([2H])C(C#N)(c1ccc2c(-c3cc(OC)c(C(=O)C[C@@H]4C[C@@H]4F)c(OC(F)F)c3)cnn2c1)C([2H])([2H])[2H].[2H]C([2H])([2H])C(C#N)(c1ccc2c(Br)cnn2c1)C([2H])([2H])[2H].[2H]C([2H])([2H])C(C#N)(c1ccc2c(C(=O)O)cnn2c1)C([2H])([2H])[2H].[2H]C([2H])([2H])C(C#N)(c1ccc2c(C(=O)OC)cnn2c1)C([2H])([2H])[2H].[2H]C([2H])([2H])C(C#N)(c1cccnc1)C([2H])([2H])[2H]. The molecule has 0 amide bonds. The number of ether oxygens (including phenoxy) is 3. The molecule has 0 radical (unpaired) electrons. The number of quaternary nitrogens is 1. The molecule has 10 aromatic heterocycles. The van der Waals surface area contributed by atoms with E-state index in [0.717, 1.165) is 68.3 Å². The molecule has 658 valence electrons. The van der Waals surface area contributed by atoms with Crippen molar-refractivity contribution in [1.82, 2.24) is 48.4 Å².